The minimum Gasteiger partial charge on any atom is -0.224 e. The van der Waals surface area contributed by atoms with Crippen molar-refractivity contribution >= 4 is 21.4 Å². The van der Waals surface area contributed by atoms with E-state index in [4.69, 9.17) is 11.6 Å². The standard InChI is InChI=1S/C10H11ClF2O2S/c1-7(5-11)6-16(14,15)10-4-8(12)2-3-9(10)13/h2-4,7H,5-6H2,1H3. The summed E-state index contributed by atoms with van der Waals surface area (Å²) in [4.78, 5) is -0.607. The zero-order valence-corrected chi connectivity index (χ0v) is 10.2. The van der Waals surface area contributed by atoms with E-state index in [-0.39, 0.29) is 17.6 Å². The molecule has 0 fully saturated rings. The van der Waals surface area contributed by atoms with Crippen LogP contribution in [0.3, 0.4) is 0 Å². The van der Waals surface area contributed by atoms with Gasteiger partial charge >= 0.3 is 0 Å². The lowest BCUT2D eigenvalue weighted by atomic mass is 10.3. The fraction of sp³-hybridized carbons (Fsp3) is 0.400. The molecule has 0 bridgehead atoms. The lowest BCUT2D eigenvalue weighted by Crippen LogP contribution is -2.16. The topological polar surface area (TPSA) is 34.1 Å². The van der Waals surface area contributed by atoms with E-state index < -0.39 is 26.4 Å². The number of hydrogen-bond acceptors (Lipinski definition) is 2. The Morgan fingerprint density at radius 2 is 2.00 bits per heavy atom. The van der Waals surface area contributed by atoms with E-state index in [9.17, 15) is 17.2 Å². The van der Waals surface area contributed by atoms with Gasteiger partial charge in [-0.3, -0.25) is 0 Å². The highest BCUT2D eigenvalue weighted by Gasteiger charge is 2.22. The average molecular weight is 269 g/mol. The molecule has 6 heteroatoms. The zero-order chi connectivity index (χ0) is 12.3. The van der Waals surface area contributed by atoms with E-state index in [1.165, 1.54) is 0 Å². The van der Waals surface area contributed by atoms with Crippen LogP contribution in [0.5, 0.6) is 0 Å². The van der Waals surface area contributed by atoms with Crippen molar-refractivity contribution in [2.45, 2.75) is 11.8 Å². The Morgan fingerprint density at radius 1 is 1.38 bits per heavy atom. The lowest BCUT2D eigenvalue weighted by Gasteiger charge is -2.09. The normalized spacial score (nSPS) is 13.8. The van der Waals surface area contributed by atoms with Gasteiger partial charge < -0.3 is 0 Å². The van der Waals surface area contributed by atoms with Gasteiger partial charge in [0.1, 0.15) is 16.5 Å². The number of benzene rings is 1. The van der Waals surface area contributed by atoms with Crippen LogP contribution in [0.4, 0.5) is 8.78 Å². The molecule has 1 rings (SSSR count). The third-order valence-electron chi connectivity index (χ3n) is 2.00. The van der Waals surface area contributed by atoms with Crippen LogP contribution in [0.15, 0.2) is 23.1 Å². The Balaban J connectivity index is 3.12. The Labute approximate surface area is 98.2 Å². The quantitative estimate of drug-likeness (QED) is 0.787. The van der Waals surface area contributed by atoms with Crippen molar-refractivity contribution in [3.63, 3.8) is 0 Å². The van der Waals surface area contributed by atoms with Gasteiger partial charge in [0.05, 0.1) is 5.75 Å². The van der Waals surface area contributed by atoms with Crippen molar-refractivity contribution in [3.8, 4) is 0 Å². The van der Waals surface area contributed by atoms with Crippen molar-refractivity contribution in [1.29, 1.82) is 0 Å². The minimum atomic E-state index is -3.82. The van der Waals surface area contributed by atoms with Crippen LogP contribution in [-0.4, -0.2) is 20.1 Å². The molecule has 16 heavy (non-hydrogen) atoms. The number of hydrogen-bond donors (Lipinski definition) is 0. The first-order valence-electron chi connectivity index (χ1n) is 4.60. The third kappa shape index (κ3) is 3.15. The number of halogens is 3. The van der Waals surface area contributed by atoms with Crippen LogP contribution in [0.25, 0.3) is 0 Å². The summed E-state index contributed by atoms with van der Waals surface area (Å²) in [7, 11) is -3.82. The predicted molar refractivity (Wildman–Crippen MR) is 58.3 cm³/mol. The maximum absolute atomic E-state index is 13.2. The zero-order valence-electron chi connectivity index (χ0n) is 8.58. The predicted octanol–water partition coefficient (Wildman–Crippen LogP) is 2.61. The molecule has 0 aliphatic heterocycles. The van der Waals surface area contributed by atoms with Crippen molar-refractivity contribution in [1.82, 2.24) is 0 Å². The van der Waals surface area contributed by atoms with E-state index in [1.54, 1.807) is 6.92 Å². The second-order valence-electron chi connectivity index (χ2n) is 3.62. The van der Waals surface area contributed by atoms with Gasteiger partial charge in [-0.1, -0.05) is 6.92 Å². The lowest BCUT2D eigenvalue weighted by molar-refractivity contribution is 0.547. The summed E-state index contributed by atoms with van der Waals surface area (Å²) in [5.74, 6) is -2.18. The smallest absolute Gasteiger partial charge is 0.181 e. The highest BCUT2D eigenvalue weighted by molar-refractivity contribution is 7.91. The van der Waals surface area contributed by atoms with Crippen molar-refractivity contribution in [2.75, 3.05) is 11.6 Å². The number of alkyl halides is 1. The molecule has 0 amide bonds. The van der Waals surface area contributed by atoms with E-state index in [0.29, 0.717) is 6.07 Å². The molecule has 90 valence electrons. The molecule has 0 saturated carbocycles. The molecular weight excluding hydrogens is 258 g/mol. The summed E-state index contributed by atoms with van der Waals surface area (Å²) in [6.45, 7) is 1.63. The largest absolute Gasteiger partial charge is 0.224 e. The van der Waals surface area contributed by atoms with Gasteiger partial charge in [0, 0.05) is 5.88 Å². The van der Waals surface area contributed by atoms with Crippen LogP contribution in [0, 0.1) is 17.6 Å². The molecule has 1 atom stereocenters. The van der Waals surface area contributed by atoms with Crippen LogP contribution >= 0.6 is 11.6 Å². The summed E-state index contributed by atoms with van der Waals surface area (Å²) in [6.07, 6.45) is 0. The Bertz CT molecular complexity index is 474. The fourth-order valence-electron chi connectivity index (χ4n) is 1.22. The molecule has 0 aliphatic carbocycles. The monoisotopic (exact) mass is 268 g/mol. The third-order valence-corrected chi connectivity index (χ3v) is 4.51. The SMILES string of the molecule is CC(CCl)CS(=O)(=O)c1cc(F)ccc1F. The highest BCUT2D eigenvalue weighted by atomic mass is 35.5. The Hall–Kier alpha value is -0.680. The molecule has 0 spiro atoms. The molecule has 0 aliphatic rings. The summed E-state index contributed by atoms with van der Waals surface area (Å²) in [5.41, 5.74) is 0. The molecule has 0 heterocycles. The number of rotatable bonds is 4. The Kier molecular flexibility index (Phi) is 4.27. The summed E-state index contributed by atoms with van der Waals surface area (Å²) in [6, 6.07) is 2.36. The first-order valence-corrected chi connectivity index (χ1v) is 6.79. The van der Waals surface area contributed by atoms with Gasteiger partial charge in [-0.2, -0.15) is 0 Å². The maximum atomic E-state index is 13.2. The second-order valence-corrected chi connectivity index (χ2v) is 5.93. The summed E-state index contributed by atoms with van der Waals surface area (Å²) >= 11 is 5.48. The molecule has 1 unspecified atom stereocenters. The highest BCUT2D eigenvalue weighted by Crippen LogP contribution is 2.19. The van der Waals surface area contributed by atoms with Gasteiger partial charge in [-0.15, -0.1) is 11.6 Å². The van der Waals surface area contributed by atoms with Gasteiger partial charge in [0.25, 0.3) is 0 Å². The van der Waals surface area contributed by atoms with Crippen LogP contribution in [0.1, 0.15) is 6.92 Å². The van der Waals surface area contributed by atoms with E-state index in [0.717, 1.165) is 12.1 Å². The fourth-order valence-corrected chi connectivity index (χ4v) is 3.17. The van der Waals surface area contributed by atoms with Crippen molar-refractivity contribution in [2.24, 2.45) is 5.92 Å². The Morgan fingerprint density at radius 3 is 2.56 bits per heavy atom. The van der Waals surface area contributed by atoms with Gasteiger partial charge in [0.2, 0.25) is 0 Å². The maximum Gasteiger partial charge on any atom is 0.181 e. The van der Waals surface area contributed by atoms with Crippen molar-refractivity contribution in [3.05, 3.63) is 29.8 Å². The van der Waals surface area contributed by atoms with Gasteiger partial charge in [-0.05, 0) is 24.1 Å². The van der Waals surface area contributed by atoms with E-state index >= 15 is 0 Å². The van der Waals surface area contributed by atoms with Crippen molar-refractivity contribution < 1.29 is 17.2 Å². The van der Waals surface area contributed by atoms with Crippen LogP contribution < -0.4 is 0 Å². The molecular formula is C10H11ClF2O2S. The van der Waals surface area contributed by atoms with Crippen LogP contribution in [-0.2, 0) is 9.84 Å². The second kappa shape index (κ2) is 5.10. The average Bonchev–Trinajstić information content (AvgIpc) is 2.20. The molecule has 0 aromatic heterocycles. The first kappa shape index (κ1) is 13.4. The molecule has 0 saturated heterocycles. The summed E-state index contributed by atoms with van der Waals surface area (Å²) in [5, 5.41) is 0. The summed E-state index contributed by atoms with van der Waals surface area (Å²) < 4.78 is 49.5. The molecule has 1 aromatic rings. The van der Waals surface area contributed by atoms with Crippen LogP contribution in [0.2, 0.25) is 0 Å². The number of sulfone groups is 1. The molecule has 1 aromatic carbocycles. The van der Waals surface area contributed by atoms with E-state index in [1.807, 2.05) is 0 Å². The van der Waals surface area contributed by atoms with E-state index in [2.05, 4.69) is 0 Å². The first-order chi connectivity index (χ1) is 7.36. The molecule has 0 N–H and O–H groups in total. The molecule has 0 radical (unpaired) electrons. The van der Waals surface area contributed by atoms with Gasteiger partial charge in [0.15, 0.2) is 9.84 Å². The van der Waals surface area contributed by atoms with Gasteiger partial charge in [-0.25, -0.2) is 17.2 Å². The molecule has 2 nitrogen and oxygen atoms in total. The minimum absolute atomic E-state index is 0.149.